The van der Waals surface area contributed by atoms with Crippen LogP contribution in [0.1, 0.15) is 42.6 Å². The van der Waals surface area contributed by atoms with E-state index in [1.807, 2.05) is 0 Å². The van der Waals surface area contributed by atoms with E-state index in [9.17, 15) is 9.90 Å². The molecule has 1 fully saturated rings. The molecule has 2 atom stereocenters. The first-order valence-electron chi connectivity index (χ1n) is 4.91. The van der Waals surface area contributed by atoms with E-state index in [1.165, 1.54) is 6.92 Å². The van der Waals surface area contributed by atoms with Crippen molar-refractivity contribution in [3.05, 3.63) is 18.0 Å². The van der Waals surface area contributed by atoms with E-state index < -0.39 is 0 Å². The van der Waals surface area contributed by atoms with Crippen LogP contribution < -0.4 is 0 Å². The second-order valence-corrected chi connectivity index (χ2v) is 3.83. The second kappa shape index (κ2) is 3.53. The van der Waals surface area contributed by atoms with Gasteiger partial charge in [0, 0.05) is 6.20 Å². The Morgan fingerprint density at radius 2 is 2.43 bits per heavy atom. The van der Waals surface area contributed by atoms with Crippen LogP contribution in [0.4, 0.5) is 0 Å². The number of aromatic nitrogens is 2. The zero-order chi connectivity index (χ0) is 10.1. The van der Waals surface area contributed by atoms with E-state index in [2.05, 4.69) is 5.10 Å². The minimum atomic E-state index is -0.310. The highest BCUT2D eigenvalue weighted by atomic mass is 16.3. The van der Waals surface area contributed by atoms with Gasteiger partial charge < -0.3 is 5.11 Å². The smallest absolute Gasteiger partial charge is 0.162 e. The lowest BCUT2D eigenvalue weighted by Gasteiger charge is -2.14. The van der Waals surface area contributed by atoms with E-state index in [1.54, 1.807) is 17.1 Å². The number of Topliss-reactive ketones (excluding diaryl/α,β-unsaturated/α-hetero) is 1. The third-order valence-electron chi connectivity index (χ3n) is 2.79. The lowest BCUT2D eigenvalue weighted by atomic mass is 10.2. The van der Waals surface area contributed by atoms with Gasteiger partial charge in [-0.25, -0.2) is 0 Å². The van der Waals surface area contributed by atoms with Crippen molar-refractivity contribution in [3.63, 3.8) is 0 Å². The molecule has 1 saturated carbocycles. The molecular formula is C10H14N2O2. The Labute approximate surface area is 82.5 Å². The van der Waals surface area contributed by atoms with Crippen molar-refractivity contribution < 1.29 is 9.90 Å². The highest BCUT2D eigenvalue weighted by Crippen LogP contribution is 2.29. The Balaban J connectivity index is 2.20. The molecule has 4 nitrogen and oxygen atoms in total. The van der Waals surface area contributed by atoms with Crippen molar-refractivity contribution in [2.45, 2.75) is 38.3 Å². The third kappa shape index (κ3) is 1.57. The summed E-state index contributed by atoms with van der Waals surface area (Å²) in [5, 5.41) is 13.8. The molecule has 1 aromatic rings. The molecule has 1 aliphatic carbocycles. The number of aliphatic hydroxyl groups is 1. The van der Waals surface area contributed by atoms with Crippen molar-refractivity contribution in [3.8, 4) is 0 Å². The number of hydrogen-bond donors (Lipinski definition) is 1. The molecule has 0 aromatic carbocycles. The topological polar surface area (TPSA) is 55.1 Å². The van der Waals surface area contributed by atoms with Crippen LogP contribution >= 0.6 is 0 Å². The molecule has 14 heavy (non-hydrogen) atoms. The van der Waals surface area contributed by atoms with Gasteiger partial charge in [0.25, 0.3) is 0 Å². The normalized spacial score (nSPS) is 26.7. The van der Waals surface area contributed by atoms with Crippen molar-refractivity contribution >= 4 is 5.78 Å². The van der Waals surface area contributed by atoms with Gasteiger partial charge >= 0.3 is 0 Å². The molecule has 2 rings (SSSR count). The molecular weight excluding hydrogens is 180 g/mol. The predicted octanol–water partition coefficient (Wildman–Crippen LogP) is 1.17. The van der Waals surface area contributed by atoms with Crippen LogP contribution in [0.25, 0.3) is 0 Å². The molecule has 0 bridgehead atoms. The number of nitrogens with zero attached hydrogens (tertiary/aromatic N) is 2. The lowest BCUT2D eigenvalue weighted by molar-refractivity contribution is 0.101. The van der Waals surface area contributed by atoms with E-state index in [-0.39, 0.29) is 17.9 Å². The summed E-state index contributed by atoms with van der Waals surface area (Å²) in [5.74, 6) is 0.0173. The summed E-state index contributed by atoms with van der Waals surface area (Å²) in [7, 11) is 0. The van der Waals surface area contributed by atoms with Gasteiger partial charge in [-0.1, -0.05) is 0 Å². The Morgan fingerprint density at radius 1 is 1.64 bits per heavy atom. The van der Waals surface area contributed by atoms with Crippen LogP contribution in [-0.2, 0) is 0 Å². The van der Waals surface area contributed by atoms with Crippen molar-refractivity contribution in [1.29, 1.82) is 0 Å². The Hall–Kier alpha value is -1.16. The highest BCUT2D eigenvalue weighted by Gasteiger charge is 2.27. The summed E-state index contributed by atoms with van der Waals surface area (Å²) in [6.45, 7) is 1.52. The number of ketones is 1. The number of rotatable bonds is 2. The van der Waals surface area contributed by atoms with Crippen molar-refractivity contribution in [2.75, 3.05) is 0 Å². The van der Waals surface area contributed by atoms with Crippen molar-refractivity contribution in [1.82, 2.24) is 9.78 Å². The lowest BCUT2D eigenvalue weighted by Crippen LogP contribution is -2.18. The zero-order valence-corrected chi connectivity index (χ0v) is 8.18. The fourth-order valence-corrected chi connectivity index (χ4v) is 1.93. The first-order valence-corrected chi connectivity index (χ1v) is 4.91. The SMILES string of the molecule is CC(=O)c1cnn([C@@H]2CCC[C@H]2O)c1. The average Bonchev–Trinajstić information content (AvgIpc) is 2.71. The summed E-state index contributed by atoms with van der Waals surface area (Å²) >= 11 is 0. The van der Waals surface area contributed by atoms with Crippen LogP contribution in [0.2, 0.25) is 0 Å². The first kappa shape index (κ1) is 9.40. The Kier molecular flexibility index (Phi) is 2.37. The monoisotopic (exact) mass is 194 g/mol. The fraction of sp³-hybridized carbons (Fsp3) is 0.600. The molecule has 1 aliphatic rings. The zero-order valence-electron chi connectivity index (χ0n) is 8.18. The summed E-state index contributed by atoms with van der Waals surface area (Å²) in [6.07, 6.45) is 5.78. The van der Waals surface area contributed by atoms with E-state index in [0.717, 1.165) is 19.3 Å². The average molecular weight is 194 g/mol. The van der Waals surface area contributed by atoms with Gasteiger partial charge in [0.15, 0.2) is 5.78 Å². The molecule has 1 heterocycles. The van der Waals surface area contributed by atoms with Gasteiger partial charge in [0.05, 0.1) is 23.9 Å². The number of carbonyl (C=O) groups excluding carboxylic acids is 1. The highest BCUT2D eigenvalue weighted by molar-refractivity contribution is 5.93. The van der Waals surface area contributed by atoms with Gasteiger partial charge in [0.2, 0.25) is 0 Å². The van der Waals surface area contributed by atoms with E-state index >= 15 is 0 Å². The molecule has 0 aliphatic heterocycles. The van der Waals surface area contributed by atoms with Crippen LogP contribution in [0.5, 0.6) is 0 Å². The van der Waals surface area contributed by atoms with E-state index in [4.69, 9.17) is 0 Å². The van der Waals surface area contributed by atoms with Crippen LogP contribution in [0.3, 0.4) is 0 Å². The molecule has 0 saturated heterocycles. The largest absolute Gasteiger partial charge is 0.391 e. The quantitative estimate of drug-likeness (QED) is 0.719. The standard InChI is InChI=1S/C10H14N2O2/c1-7(13)8-5-11-12(6-8)9-3-2-4-10(9)14/h5-6,9-10,14H,2-4H2,1H3/t9-,10-/m1/s1. The molecule has 1 aromatic heterocycles. The van der Waals surface area contributed by atoms with Gasteiger partial charge in [-0.2, -0.15) is 5.10 Å². The fourth-order valence-electron chi connectivity index (χ4n) is 1.93. The first-order chi connectivity index (χ1) is 6.68. The number of hydrogen-bond acceptors (Lipinski definition) is 3. The summed E-state index contributed by atoms with van der Waals surface area (Å²) in [4.78, 5) is 11.0. The van der Waals surface area contributed by atoms with Crippen LogP contribution in [0, 0.1) is 0 Å². The maximum Gasteiger partial charge on any atom is 0.162 e. The van der Waals surface area contributed by atoms with Crippen LogP contribution in [-0.4, -0.2) is 26.8 Å². The van der Waals surface area contributed by atoms with Crippen LogP contribution in [0.15, 0.2) is 12.4 Å². The molecule has 0 unspecified atom stereocenters. The summed E-state index contributed by atoms with van der Waals surface area (Å²) in [6, 6.07) is 0.0584. The Bertz CT molecular complexity index is 346. The molecule has 0 spiro atoms. The summed E-state index contributed by atoms with van der Waals surface area (Å²) in [5.41, 5.74) is 0.615. The maximum atomic E-state index is 11.0. The van der Waals surface area contributed by atoms with Gasteiger partial charge in [-0.05, 0) is 26.2 Å². The number of aliphatic hydroxyl groups excluding tert-OH is 1. The van der Waals surface area contributed by atoms with Gasteiger partial charge in [0.1, 0.15) is 0 Å². The minimum absolute atomic E-state index is 0.0173. The number of carbonyl (C=O) groups is 1. The van der Waals surface area contributed by atoms with Crippen molar-refractivity contribution in [2.24, 2.45) is 0 Å². The molecule has 0 radical (unpaired) electrons. The third-order valence-corrected chi connectivity index (χ3v) is 2.79. The summed E-state index contributed by atoms with van der Waals surface area (Å²) < 4.78 is 1.72. The Morgan fingerprint density at radius 3 is 2.93 bits per heavy atom. The molecule has 1 N–H and O–H groups in total. The second-order valence-electron chi connectivity index (χ2n) is 3.83. The predicted molar refractivity (Wildman–Crippen MR) is 51.1 cm³/mol. The molecule has 4 heteroatoms. The molecule has 0 amide bonds. The molecule has 76 valence electrons. The van der Waals surface area contributed by atoms with E-state index in [0.29, 0.717) is 5.56 Å². The maximum absolute atomic E-state index is 11.0. The minimum Gasteiger partial charge on any atom is -0.391 e. The van der Waals surface area contributed by atoms with Gasteiger partial charge in [-0.3, -0.25) is 9.48 Å². The van der Waals surface area contributed by atoms with Gasteiger partial charge in [-0.15, -0.1) is 0 Å².